The van der Waals surface area contributed by atoms with Crippen LogP contribution >= 0.6 is 23.2 Å². The number of carbonyl (C=O) groups excluding carboxylic acids is 1. The number of benzene rings is 2. The van der Waals surface area contributed by atoms with Crippen LogP contribution in [-0.4, -0.2) is 55.5 Å². The fraction of sp³-hybridized carbons (Fsp3) is 0.480. The summed E-state index contributed by atoms with van der Waals surface area (Å²) in [5, 5.41) is 3.90. The normalized spacial score (nSPS) is 18.5. The van der Waals surface area contributed by atoms with Crippen molar-refractivity contribution >= 4 is 29.1 Å². The van der Waals surface area contributed by atoms with Gasteiger partial charge < -0.3 is 10.2 Å². The van der Waals surface area contributed by atoms with E-state index < -0.39 is 17.6 Å². The molecule has 4 nitrogen and oxygen atoms in total. The van der Waals surface area contributed by atoms with Crippen molar-refractivity contribution in [1.82, 2.24) is 15.1 Å². The van der Waals surface area contributed by atoms with E-state index in [0.717, 1.165) is 37.1 Å². The molecule has 1 heterocycles. The van der Waals surface area contributed by atoms with E-state index in [4.69, 9.17) is 23.2 Å². The summed E-state index contributed by atoms with van der Waals surface area (Å²) in [6.45, 7) is 2.00. The minimum absolute atomic E-state index is 0.0580. The fourth-order valence-electron chi connectivity index (χ4n) is 4.54. The first kappa shape index (κ1) is 27.7. The molecular weight excluding hydrogens is 505 g/mol. The number of hydrogen-bond acceptors (Lipinski definition) is 3. The van der Waals surface area contributed by atoms with Gasteiger partial charge in [-0.3, -0.25) is 9.69 Å². The first-order chi connectivity index (χ1) is 16.5. The number of alkyl halides is 3. The van der Waals surface area contributed by atoms with Gasteiger partial charge in [-0.05, 0) is 68.9 Å². The second kappa shape index (κ2) is 11.9. The van der Waals surface area contributed by atoms with Crippen LogP contribution in [0.15, 0.2) is 36.4 Å². The summed E-state index contributed by atoms with van der Waals surface area (Å²) in [5.74, 6) is -1.33. The number of halogens is 6. The number of carbonyl (C=O) groups is 1. The fourth-order valence-corrected chi connectivity index (χ4v) is 4.84. The summed E-state index contributed by atoms with van der Waals surface area (Å²) in [6, 6.07) is 8.21. The van der Waals surface area contributed by atoms with Gasteiger partial charge in [0.15, 0.2) is 0 Å². The Hall–Kier alpha value is -1.87. The minimum Gasteiger partial charge on any atom is -0.340 e. The molecule has 2 aromatic rings. The summed E-state index contributed by atoms with van der Waals surface area (Å²) in [6.07, 6.45) is -2.63. The maximum Gasteiger partial charge on any atom is 0.419 e. The van der Waals surface area contributed by atoms with Gasteiger partial charge in [0.1, 0.15) is 5.82 Å². The van der Waals surface area contributed by atoms with E-state index in [2.05, 4.69) is 5.32 Å². The third kappa shape index (κ3) is 7.09. The zero-order valence-corrected chi connectivity index (χ0v) is 21.2. The number of hydrogen-bond donors (Lipinski definition) is 1. The summed E-state index contributed by atoms with van der Waals surface area (Å²) >= 11 is 12.3. The number of unbranched alkanes of at least 4 members (excludes halogenated alkanes) is 1. The van der Waals surface area contributed by atoms with Crippen molar-refractivity contribution in [3.05, 3.63) is 69.0 Å². The summed E-state index contributed by atoms with van der Waals surface area (Å²) < 4.78 is 52.9. The van der Waals surface area contributed by atoms with Crippen LogP contribution in [0.2, 0.25) is 10.0 Å². The quantitative estimate of drug-likeness (QED) is 0.318. The maximum absolute atomic E-state index is 14.1. The van der Waals surface area contributed by atoms with Gasteiger partial charge in [0.05, 0.1) is 15.6 Å². The van der Waals surface area contributed by atoms with E-state index in [9.17, 15) is 22.4 Å². The third-order valence-corrected chi connectivity index (χ3v) is 7.16. The highest BCUT2D eigenvalue weighted by molar-refractivity contribution is 6.42. The van der Waals surface area contributed by atoms with Gasteiger partial charge in [-0.1, -0.05) is 35.3 Å². The Morgan fingerprint density at radius 2 is 1.86 bits per heavy atom. The van der Waals surface area contributed by atoms with Crippen molar-refractivity contribution < 1.29 is 22.4 Å². The molecule has 192 valence electrons. The Bertz CT molecular complexity index is 1030. The molecule has 35 heavy (non-hydrogen) atoms. The highest BCUT2D eigenvalue weighted by atomic mass is 35.5. The highest BCUT2D eigenvalue weighted by Crippen LogP contribution is 2.36. The van der Waals surface area contributed by atoms with Crippen LogP contribution in [0.1, 0.15) is 41.9 Å². The number of rotatable bonds is 9. The van der Waals surface area contributed by atoms with Crippen molar-refractivity contribution in [2.45, 2.75) is 43.9 Å². The van der Waals surface area contributed by atoms with E-state index in [1.807, 2.05) is 30.0 Å². The topological polar surface area (TPSA) is 35.6 Å². The molecule has 0 saturated carbocycles. The molecule has 0 aliphatic carbocycles. The van der Waals surface area contributed by atoms with Crippen molar-refractivity contribution in [2.24, 2.45) is 0 Å². The van der Waals surface area contributed by atoms with Gasteiger partial charge in [-0.2, -0.15) is 13.2 Å². The van der Waals surface area contributed by atoms with Crippen LogP contribution in [0.25, 0.3) is 0 Å². The van der Waals surface area contributed by atoms with Crippen LogP contribution < -0.4 is 5.32 Å². The van der Waals surface area contributed by atoms with E-state index in [-0.39, 0.29) is 24.4 Å². The van der Waals surface area contributed by atoms with Crippen LogP contribution in [0, 0.1) is 5.82 Å². The van der Waals surface area contributed by atoms with E-state index in [1.165, 1.54) is 6.07 Å². The predicted molar refractivity (Wildman–Crippen MR) is 130 cm³/mol. The molecular formula is C25H29Cl2F4N3O. The molecule has 1 amide bonds. The molecule has 10 heteroatoms. The zero-order valence-electron chi connectivity index (χ0n) is 19.6. The Kier molecular flexibility index (Phi) is 9.43. The molecule has 1 unspecified atom stereocenters. The first-order valence-electron chi connectivity index (χ1n) is 11.4. The monoisotopic (exact) mass is 533 g/mol. The van der Waals surface area contributed by atoms with Crippen molar-refractivity contribution in [3.63, 3.8) is 0 Å². The lowest BCUT2D eigenvalue weighted by atomic mass is 9.93. The second-order valence-corrected chi connectivity index (χ2v) is 9.75. The number of amides is 1. The molecule has 3 rings (SSSR count). The Balaban J connectivity index is 1.79. The molecule has 2 aromatic carbocycles. The molecule has 2 atom stereocenters. The number of likely N-dealkylation sites (tertiary alicyclic amines) is 1. The van der Waals surface area contributed by atoms with Crippen LogP contribution in [0.4, 0.5) is 17.6 Å². The predicted octanol–water partition coefficient (Wildman–Crippen LogP) is 5.97. The van der Waals surface area contributed by atoms with E-state index in [1.54, 1.807) is 12.1 Å². The first-order valence-corrected chi connectivity index (χ1v) is 12.2. The lowest BCUT2D eigenvalue weighted by Crippen LogP contribution is -2.38. The van der Waals surface area contributed by atoms with Gasteiger partial charge in [0.25, 0.3) is 0 Å². The summed E-state index contributed by atoms with van der Waals surface area (Å²) in [5.41, 5.74) is 0.0524. The van der Waals surface area contributed by atoms with Gasteiger partial charge >= 0.3 is 6.18 Å². The summed E-state index contributed by atoms with van der Waals surface area (Å²) in [4.78, 5) is 16.7. The average molecular weight is 534 g/mol. The number of nitrogens with zero attached hydrogens (tertiary/aromatic N) is 2. The standard InChI is InChI=1S/C25H29Cl2F4N3O/c1-32-10-4-3-5-24(35)34-14-18(17-7-9-20(26)21(27)12-17)23(15-34)33(2)13-16-6-8-19(22(28)11-16)25(29,30)31/h6-9,11-12,18,23,32H,3-5,10,13-15H2,1-2H3/t18-,23?/m1/s1. The molecule has 0 spiro atoms. The zero-order chi connectivity index (χ0) is 25.8. The summed E-state index contributed by atoms with van der Waals surface area (Å²) in [7, 11) is 3.69. The Morgan fingerprint density at radius 1 is 1.11 bits per heavy atom. The second-order valence-electron chi connectivity index (χ2n) is 8.93. The third-order valence-electron chi connectivity index (χ3n) is 6.42. The van der Waals surface area contributed by atoms with Gasteiger partial charge in [-0.25, -0.2) is 4.39 Å². The maximum atomic E-state index is 14.1. The van der Waals surface area contributed by atoms with Gasteiger partial charge in [0.2, 0.25) is 5.91 Å². The van der Waals surface area contributed by atoms with Crippen molar-refractivity contribution in [3.8, 4) is 0 Å². The molecule has 1 saturated heterocycles. The number of nitrogens with one attached hydrogen (secondary N) is 1. The Labute approximate surface area is 213 Å². The molecule has 1 fully saturated rings. The van der Waals surface area contributed by atoms with Crippen LogP contribution in [-0.2, 0) is 17.5 Å². The minimum atomic E-state index is -4.74. The van der Waals surface area contributed by atoms with Gasteiger partial charge in [0, 0.05) is 38.0 Å². The van der Waals surface area contributed by atoms with Crippen molar-refractivity contribution in [2.75, 3.05) is 33.7 Å². The molecule has 1 N–H and O–H groups in total. The lowest BCUT2D eigenvalue weighted by Gasteiger charge is -2.29. The molecule has 1 aliphatic rings. The largest absolute Gasteiger partial charge is 0.419 e. The van der Waals surface area contributed by atoms with E-state index >= 15 is 0 Å². The smallest absolute Gasteiger partial charge is 0.340 e. The molecule has 0 aromatic heterocycles. The molecule has 0 bridgehead atoms. The lowest BCUT2D eigenvalue weighted by molar-refractivity contribution is -0.140. The van der Waals surface area contributed by atoms with E-state index in [0.29, 0.717) is 35.1 Å². The Morgan fingerprint density at radius 3 is 2.49 bits per heavy atom. The van der Waals surface area contributed by atoms with Crippen molar-refractivity contribution in [1.29, 1.82) is 0 Å². The molecule has 1 aliphatic heterocycles. The number of likely N-dealkylation sites (N-methyl/N-ethyl adjacent to an activating group) is 1. The highest BCUT2D eigenvalue weighted by Gasteiger charge is 2.39. The van der Waals surface area contributed by atoms with Crippen LogP contribution in [0.5, 0.6) is 0 Å². The van der Waals surface area contributed by atoms with Gasteiger partial charge in [-0.15, -0.1) is 0 Å². The average Bonchev–Trinajstić information content (AvgIpc) is 3.23. The molecule has 0 radical (unpaired) electrons. The SMILES string of the molecule is CNCCCCC(=O)N1CC(N(C)Cc2ccc(C(F)(F)F)c(F)c2)[C@@H](c2ccc(Cl)c(Cl)c2)C1. The van der Waals surface area contributed by atoms with Crippen LogP contribution in [0.3, 0.4) is 0 Å².